The van der Waals surface area contributed by atoms with Crippen LogP contribution in [0.3, 0.4) is 0 Å². The van der Waals surface area contributed by atoms with E-state index in [1.807, 2.05) is 6.92 Å². The number of ether oxygens (including phenoxy) is 1. The van der Waals surface area contributed by atoms with E-state index >= 15 is 0 Å². The van der Waals surface area contributed by atoms with Crippen LogP contribution in [0.5, 0.6) is 0 Å². The summed E-state index contributed by atoms with van der Waals surface area (Å²) in [6.07, 6.45) is 1.26. The van der Waals surface area contributed by atoms with Crippen molar-refractivity contribution >= 4 is 22.4 Å². The van der Waals surface area contributed by atoms with Crippen LogP contribution in [0.15, 0.2) is 10.8 Å². The van der Waals surface area contributed by atoms with Crippen LogP contribution in [0.4, 0.5) is 0 Å². The lowest BCUT2D eigenvalue weighted by Gasteiger charge is -2.10. The van der Waals surface area contributed by atoms with Crippen molar-refractivity contribution < 1.29 is 9.53 Å². The monoisotopic (exact) mass is 244 g/mol. The summed E-state index contributed by atoms with van der Waals surface area (Å²) in [5, 5.41) is 0. The average Bonchev–Trinajstić information content (AvgIpc) is 2.09. The number of hydrogen-bond donors (Lipinski definition) is 0. The molecule has 0 amide bonds. The molecule has 1 unspecified atom stereocenters. The fraction of sp³-hybridized carbons (Fsp3) is 0.375. The van der Waals surface area contributed by atoms with Gasteiger partial charge in [-0.15, -0.1) is 0 Å². The molecule has 1 aromatic heterocycles. The minimum absolute atomic E-state index is 0.376. The highest BCUT2D eigenvalue weighted by Crippen LogP contribution is 2.21. The first-order valence-electron chi connectivity index (χ1n) is 3.73. The third-order valence-electron chi connectivity index (χ3n) is 1.52. The maximum atomic E-state index is 10.1. The molecule has 0 aliphatic rings. The Labute approximate surface area is 84.5 Å². The van der Waals surface area contributed by atoms with Gasteiger partial charge in [-0.05, 0) is 29.8 Å². The Morgan fingerprint density at radius 1 is 1.69 bits per heavy atom. The first kappa shape index (κ1) is 10.1. The summed E-state index contributed by atoms with van der Waals surface area (Å²) in [6, 6.07) is 0. The molecule has 0 saturated carbocycles. The molecule has 0 N–H and O–H groups in total. The molecule has 0 bridgehead atoms. The van der Waals surface area contributed by atoms with Gasteiger partial charge >= 0.3 is 0 Å². The molecule has 0 aliphatic carbocycles. The number of aromatic nitrogens is 2. The van der Waals surface area contributed by atoms with E-state index in [1.165, 1.54) is 0 Å². The molecule has 0 aliphatic heterocycles. The van der Waals surface area contributed by atoms with E-state index in [4.69, 9.17) is 4.74 Å². The number of carbonyl (C=O) groups excluding carboxylic acids is 1. The van der Waals surface area contributed by atoms with Gasteiger partial charge in [0.25, 0.3) is 6.47 Å². The highest BCUT2D eigenvalue weighted by atomic mass is 79.9. The van der Waals surface area contributed by atoms with Crippen molar-refractivity contribution in [1.82, 2.24) is 9.97 Å². The van der Waals surface area contributed by atoms with Gasteiger partial charge in [-0.1, -0.05) is 0 Å². The maximum absolute atomic E-state index is 10.1. The van der Waals surface area contributed by atoms with Crippen LogP contribution < -0.4 is 0 Å². The zero-order valence-corrected chi connectivity index (χ0v) is 8.91. The second-order valence-electron chi connectivity index (χ2n) is 2.56. The Bertz CT molecular complexity index is 317. The number of halogens is 1. The number of rotatable bonds is 3. The molecular weight excluding hydrogens is 236 g/mol. The van der Waals surface area contributed by atoms with Crippen LogP contribution in [0.25, 0.3) is 0 Å². The molecule has 1 atom stereocenters. The SMILES string of the molecule is Cc1cnc(Br)c(C(C)OC=O)n1. The number of carbonyl (C=O) groups is 1. The predicted octanol–water partition coefficient (Wildman–Crippen LogP) is 1.78. The summed E-state index contributed by atoms with van der Waals surface area (Å²) in [7, 11) is 0. The van der Waals surface area contributed by atoms with E-state index < -0.39 is 0 Å². The Morgan fingerprint density at radius 3 is 3.00 bits per heavy atom. The second kappa shape index (κ2) is 4.32. The highest BCUT2D eigenvalue weighted by Gasteiger charge is 2.12. The summed E-state index contributed by atoms with van der Waals surface area (Å²) in [5.74, 6) is 0. The van der Waals surface area contributed by atoms with E-state index in [1.54, 1.807) is 13.1 Å². The van der Waals surface area contributed by atoms with Gasteiger partial charge in [-0.25, -0.2) is 9.97 Å². The summed E-state index contributed by atoms with van der Waals surface area (Å²) >= 11 is 3.23. The minimum Gasteiger partial charge on any atom is -0.458 e. The third kappa shape index (κ3) is 2.48. The van der Waals surface area contributed by atoms with Crippen molar-refractivity contribution in [2.75, 3.05) is 0 Å². The zero-order chi connectivity index (χ0) is 9.84. The Hall–Kier alpha value is -0.970. The third-order valence-corrected chi connectivity index (χ3v) is 2.13. The Kier molecular flexibility index (Phi) is 3.36. The molecule has 1 rings (SSSR count). The molecule has 0 radical (unpaired) electrons. The van der Waals surface area contributed by atoms with Gasteiger partial charge < -0.3 is 4.74 Å². The largest absolute Gasteiger partial charge is 0.458 e. The molecule has 1 heterocycles. The first-order chi connectivity index (χ1) is 6.15. The van der Waals surface area contributed by atoms with Crippen LogP contribution >= 0.6 is 15.9 Å². The topological polar surface area (TPSA) is 52.1 Å². The lowest BCUT2D eigenvalue weighted by Crippen LogP contribution is -2.04. The molecular formula is C8H9BrN2O2. The average molecular weight is 245 g/mol. The van der Waals surface area contributed by atoms with Crippen LogP contribution in [0.1, 0.15) is 24.4 Å². The first-order valence-corrected chi connectivity index (χ1v) is 4.52. The van der Waals surface area contributed by atoms with E-state index in [0.29, 0.717) is 16.8 Å². The number of aryl methyl sites for hydroxylation is 1. The predicted molar refractivity (Wildman–Crippen MR) is 50.0 cm³/mol. The van der Waals surface area contributed by atoms with E-state index in [9.17, 15) is 4.79 Å². The molecule has 13 heavy (non-hydrogen) atoms. The standard InChI is InChI=1S/C8H9BrN2O2/c1-5-3-10-8(9)7(11-5)6(2)13-4-12/h3-4,6H,1-2H3. The summed E-state index contributed by atoms with van der Waals surface area (Å²) in [6.45, 7) is 3.97. The van der Waals surface area contributed by atoms with Gasteiger partial charge in [0, 0.05) is 6.20 Å². The van der Waals surface area contributed by atoms with Crippen LogP contribution in [-0.2, 0) is 9.53 Å². The van der Waals surface area contributed by atoms with Crippen LogP contribution in [-0.4, -0.2) is 16.4 Å². The molecule has 70 valence electrons. The number of nitrogens with zero attached hydrogens (tertiary/aromatic N) is 2. The van der Waals surface area contributed by atoms with Crippen molar-refractivity contribution in [3.05, 3.63) is 22.2 Å². The zero-order valence-electron chi connectivity index (χ0n) is 7.32. The van der Waals surface area contributed by atoms with Crippen molar-refractivity contribution in [1.29, 1.82) is 0 Å². The van der Waals surface area contributed by atoms with Crippen molar-refractivity contribution in [2.24, 2.45) is 0 Å². The van der Waals surface area contributed by atoms with Gasteiger partial charge in [-0.3, -0.25) is 4.79 Å². The fourth-order valence-corrected chi connectivity index (χ4v) is 1.40. The van der Waals surface area contributed by atoms with E-state index in [0.717, 1.165) is 5.69 Å². The molecule has 4 nitrogen and oxygen atoms in total. The lowest BCUT2D eigenvalue weighted by molar-refractivity contribution is -0.133. The minimum atomic E-state index is -0.376. The fourth-order valence-electron chi connectivity index (χ4n) is 0.888. The van der Waals surface area contributed by atoms with Crippen molar-refractivity contribution in [3.63, 3.8) is 0 Å². The molecule has 0 aromatic carbocycles. The van der Waals surface area contributed by atoms with Gasteiger partial charge in [0.1, 0.15) is 16.4 Å². The molecule has 5 heteroatoms. The van der Waals surface area contributed by atoms with Gasteiger partial charge in [0.05, 0.1) is 5.69 Å². The van der Waals surface area contributed by atoms with Gasteiger partial charge in [0.15, 0.2) is 0 Å². The number of hydrogen-bond acceptors (Lipinski definition) is 4. The summed E-state index contributed by atoms with van der Waals surface area (Å²) in [5.41, 5.74) is 1.42. The van der Waals surface area contributed by atoms with E-state index in [2.05, 4.69) is 25.9 Å². The molecule has 0 saturated heterocycles. The van der Waals surface area contributed by atoms with Crippen LogP contribution in [0, 0.1) is 6.92 Å². The summed E-state index contributed by atoms with van der Waals surface area (Å²) in [4.78, 5) is 18.3. The Morgan fingerprint density at radius 2 is 2.38 bits per heavy atom. The van der Waals surface area contributed by atoms with E-state index in [-0.39, 0.29) is 6.10 Å². The Balaban J connectivity index is 2.97. The highest BCUT2D eigenvalue weighted by molar-refractivity contribution is 9.10. The summed E-state index contributed by atoms with van der Waals surface area (Å²) < 4.78 is 5.35. The maximum Gasteiger partial charge on any atom is 0.293 e. The molecule has 0 fully saturated rings. The van der Waals surface area contributed by atoms with Gasteiger partial charge in [0.2, 0.25) is 0 Å². The molecule has 1 aromatic rings. The van der Waals surface area contributed by atoms with Crippen LogP contribution in [0.2, 0.25) is 0 Å². The normalized spacial score (nSPS) is 12.2. The van der Waals surface area contributed by atoms with Gasteiger partial charge in [-0.2, -0.15) is 0 Å². The quantitative estimate of drug-likeness (QED) is 0.761. The smallest absolute Gasteiger partial charge is 0.293 e. The molecule has 0 spiro atoms. The second-order valence-corrected chi connectivity index (χ2v) is 3.31. The van der Waals surface area contributed by atoms with Crippen molar-refractivity contribution in [2.45, 2.75) is 20.0 Å². The lowest BCUT2D eigenvalue weighted by atomic mass is 10.3. The van der Waals surface area contributed by atoms with Crippen molar-refractivity contribution in [3.8, 4) is 0 Å².